The second kappa shape index (κ2) is 11.6. The maximum Gasteiger partial charge on any atom is 0.256 e. The van der Waals surface area contributed by atoms with E-state index in [0.29, 0.717) is 29.4 Å². The molecule has 0 radical (unpaired) electrons. The molecule has 1 N–H and O–H groups in total. The summed E-state index contributed by atoms with van der Waals surface area (Å²) in [6.45, 7) is 5.43. The quantitative estimate of drug-likeness (QED) is 0.299. The Hall–Kier alpha value is -5.57. The predicted octanol–water partition coefficient (Wildman–Crippen LogP) is 4.89. The van der Waals surface area contributed by atoms with Crippen LogP contribution < -0.4 is 20.7 Å². The number of benzene rings is 3. The van der Waals surface area contributed by atoms with E-state index < -0.39 is 0 Å². The number of fused-ring (bicyclic) bond motifs is 2. The average Bonchev–Trinajstić information content (AvgIpc) is 3.07. The first-order valence-corrected chi connectivity index (χ1v) is 14.7. The molecule has 6 aromatic rings. The monoisotopic (exact) mass is 581 g/mol. The molecule has 9 nitrogen and oxygen atoms in total. The molecule has 3 aromatic heterocycles. The maximum absolute atomic E-state index is 13.2. The van der Waals surface area contributed by atoms with Gasteiger partial charge in [-0.1, -0.05) is 42.5 Å². The number of hydrogen-bond donors (Lipinski definition) is 1. The molecule has 1 aliphatic rings. The molecular weight excluding hydrogens is 550 g/mol. The number of carbonyl (C=O) groups is 1. The summed E-state index contributed by atoms with van der Waals surface area (Å²) in [6.07, 6.45) is 1.81. The standard InChI is InChI=1S/C35H31N7O2/c1-24-30-15-16-32(43)42(33(30)39-35(38-24)41-20-18-40(19-21-41)31-8-4-5-17-36-31)29-13-11-27(12-14-29)34(44)37-23-25-9-10-26-6-2-3-7-28(26)22-25/h2-17,22H,18-21,23H2,1H3,(H,37,44). The first-order valence-electron chi connectivity index (χ1n) is 14.7. The third-order valence-corrected chi connectivity index (χ3v) is 8.12. The van der Waals surface area contributed by atoms with Crippen LogP contribution in [0.25, 0.3) is 27.5 Å². The highest BCUT2D eigenvalue weighted by atomic mass is 16.1. The maximum atomic E-state index is 13.2. The largest absolute Gasteiger partial charge is 0.353 e. The molecular formula is C35H31N7O2. The first kappa shape index (κ1) is 27.3. The zero-order chi connectivity index (χ0) is 30.0. The van der Waals surface area contributed by atoms with Crippen molar-refractivity contribution in [2.24, 2.45) is 0 Å². The SMILES string of the molecule is Cc1nc(N2CCN(c3ccccn3)CC2)nc2c1ccc(=O)n2-c1ccc(C(=O)NCc2ccc3ccccc3c2)cc1. The zero-order valence-electron chi connectivity index (χ0n) is 24.4. The highest BCUT2D eigenvalue weighted by Crippen LogP contribution is 2.23. The summed E-state index contributed by atoms with van der Waals surface area (Å²) in [6, 6.07) is 30.6. The summed E-state index contributed by atoms with van der Waals surface area (Å²) >= 11 is 0. The molecule has 0 spiro atoms. The van der Waals surface area contributed by atoms with E-state index in [1.54, 1.807) is 34.9 Å². The summed E-state index contributed by atoms with van der Waals surface area (Å²) < 4.78 is 1.59. The van der Waals surface area contributed by atoms with Crippen LogP contribution in [0.2, 0.25) is 0 Å². The molecule has 7 rings (SSSR count). The zero-order valence-corrected chi connectivity index (χ0v) is 24.4. The Bertz CT molecular complexity index is 2030. The van der Waals surface area contributed by atoms with Gasteiger partial charge in [0.2, 0.25) is 5.95 Å². The van der Waals surface area contributed by atoms with Gasteiger partial charge in [-0.3, -0.25) is 14.2 Å². The molecule has 1 saturated heterocycles. The molecule has 1 fully saturated rings. The molecule has 4 heterocycles. The van der Waals surface area contributed by atoms with E-state index in [-0.39, 0.29) is 11.5 Å². The first-order chi connectivity index (χ1) is 21.5. The third-order valence-electron chi connectivity index (χ3n) is 8.12. The third kappa shape index (κ3) is 5.35. The number of rotatable bonds is 6. The summed E-state index contributed by atoms with van der Waals surface area (Å²) in [5.74, 6) is 1.38. The minimum Gasteiger partial charge on any atom is -0.353 e. The van der Waals surface area contributed by atoms with Crippen LogP contribution in [0.3, 0.4) is 0 Å². The summed E-state index contributed by atoms with van der Waals surface area (Å²) in [7, 11) is 0. The van der Waals surface area contributed by atoms with Crippen molar-refractivity contribution >= 4 is 39.5 Å². The Kier molecular flexibility index (Phi) is 7.19. The number of piperazine rings is 1. The van der Waals surface area contributed by atoms with Crippen LogP contribution in [0, 0.1) is 6.92 Å². The van der Waals surface area contributed by atoms with Crippen LogP contribution in [0.15, 0.2) is 108 Å². The topological polar surface area (TPSA) is 96.2 Å². The molecule has 0 aliphatic carbocycles. The van der Waals surface area contributed by atoms with Gasteiger partial charge in [-0.2, -0.15) is 4.98 Å². The van der Waals surface area contributed by atoms with Crippen molar-refractivity contribution in [3.8, 4) is 5.69 Å². The number of nitrogens with one attached hydrogen (secondary N) is 1. The van der Waals surface area contributed by atoms with E-state index in [0.717, 1.165) is 59.4 Å². The highest BCUT2D eigenvalue weighted by Gasteiger charge is 2.22. The molecule has 0 saturated carbocycles. The fraction of sp³-hybridized carbons (Fsp3) is 0.171. The van der Waals surface area contributed by atoms with Crippen molar-refractivity contribution < 1.29 is 4.79 Å². The van der Waals surface area contributed by atoms with Crippen LogP contribution >= 0.6 is 0 Å². The van der Waals surface area contributed by atoms with E-state index in [9.17, 15) is 9.59 Å². The Balaban J connectivity index is 1.11. The minimum atomic E-state index is -0.199. The Morgan fingerprint density at radius 1 is 0.795 bits per heavy atom. The molecule has 3 aromatic carbocycles. The van der Waals surface area contributed by atoms with E-state index >= 15 is 0 Å². The van der Waals surface area contributed by atoms with Gasteiger partial charge in [0, 0.05) is 55.9 Å². The van der Waals surface area contributed by atoms with Crippen molar-refractivity contribution in [2.75, 3.05) is 36.0 Å². The second-order valence-corrected chi connectivity index (χ2v) is 10.9. The molecule has 0 unspecified atom stereocenters. The van der Waals surface area contributed by atoms with E-state index in [4.69, 9.17) is 9.97 Å². The van der Waals surface area contributed by atoms with Crippen molar-refractivity contribution in [1.82, 2.24) is 24.8 Å². The second-order valence-electron chi connectivity index (χ2n) is 10.9. The van der Waals surface area contributed by atoms with E-state index in [1.165, 1.54) is 6.07 Å². The molecule has 0 atom stereocenters. The van der Waals surface area contributed by atoms with Crippen LogP contribution in [-0.2, 0) is 6.54 Å². The molecule has 218 valence electrons. The lowest BCUT2D eigenvalue weighted by molar-refractivity contribution is 0.0951. The van der Waals surface area contributed by atoms with Gasteiger partial charge in [-0.05, 0) is 71.8 Å². The van der Waals surface area contributed by atoms with Crippen LogP contribution in [0.1, 0.15) is 21.6 Å². The molecule has 9 heteroatoms. The molecule has 1 amide bonds. The van der Waals surface area contributed by atoms with Crippen LogP contribution in [0.4, 0.5) is 11.8 Å². The molecule has 0 bridgehead atoms. The molecule has 1 aliphatic heterocycles. The Labute approximate surface area is 254 Å². The molecule has 44 heavy (non-hydrogen) atoms. The summed E-state index contributed by atoms with van der Waals surface area (Å²) in [5.41, 5.74) is 3.32. The van der Waals surface area contributed by atoms with Gasteiger partial charge in [0.25, 0.3) is 11.5 Å². The number of anilines is 2. The Morgan fingerprint density at radius 3 is 2.32 bits per heavy atom. The van der Waals surface area contributed by atoms with Gasteiger partial charge < -0.3 is 15.1 Å². The minimum absolute atomic E-state index is 0.180. The van der Waals surface area contributed by atoms with Gasteiger partial charge in [-0.15, -0.1) is 0 Å². The number of amides is 1. The smallest absolute Gasteiger partial charge is 0.256 e. The van der Waals surface area contributed by atoms with Gasteiger partial charge in [-0.25, -0.2) is 9.97 Å². The van der Waals surface area contributed by atoms with E-state index in [1.807, 2.05) is 49.5 Å². The summed E-state index contributed by atoms with van der Waals surface area (Å²) in [4.78, 5) is 44.7. The van der Waals surface area contributed by atoms with Crippen molar-refractivity contribution in [3.05, 3.63) is 130 Å². The number of nitrogens with zero attached hydrogens (tertiary/aromatic N) is 6. The lowest BCUT2D eigenvalue weighted by Crippen LogP contribution is -2.47. The fourth-order valence-electron chi connectivity index (χ4n) is 5.71. The van der Waals surface area contributed by atoms with Gasteiger partial charge >= 0.3 is 0 Å². The Morgan fingerprint density at radius 2 is 1.55 bits per heavy atom. The number of carbonyl (C=O) groups excluding carboxylic acids is 1. The van der Waals surface area contributed by atoms with Crippen molar-refractivity contribution in [2.45, 2.75) is 13.5 Å². The predicted molar refractivity (Wildman–Crippen MR) is 174 cm³/mol. The lowest BCUT2D eigenvalue weighted by Gasteiger charge is -2.35. The van der Waals surface area contributed by atoms with Crippen molar-refractivity contribution in [1.29, 1.82) is 0 Å². The van der Waals surface area contributed by atoms with E-state index in [2.05, 4.69) is 44.4 Å². The normalized spacial score (nSPS) is 13.4. The lowest BCUT2D eigenvalue weighted by atomic mass is 10.1. The summed E-state index contributed by atoms with van der Waals surface area (Å²) in [5, 5.41) is 6.11. The average molecular weight is 582 g/mol. The van der Waals surface area contributed by atoms with Crippen LogP contribution in [-0.4, -0.2) is 51.6 Å². The van der Waals surface area contributed by atoms with Crippen LogP contribution in [0.5, 0.6) is 0 Å². The van der Waals surface area contributed by atoms with Gasteiger partial charge in [0.15, 0.2) is 5.65 Å². The van der Waals surface area contributed by atoms with Gasteiger partial charge in [0.05, 0.1) is 11.4 Å². The number of pyridine rings is 2. The fourth-order valence-corrected chi connectivity index (χ4v) is 5.71. The van der Waals surface area contributed by atoms with Crippen molar-refractivity contribution in [3.63, 3.8) is 0 Å². The number of hydrogen-bond acceptors (Lipinski definition) is 7. The van der Waals surface area contributed by atoms with Gasteiger partial charge in [0.1, 0.15) is 5.82 Å². The number of aryl methyl sites for hydroxylation is 1. The number of aromatic nitrogens is 4. The highest BCUT2D eigenvalue weighted by molar-refractivity contribution is 5.94.